The van der Waals surface area contributed by atoms with Gasteiger partial charge in [-0.15, -0.1) is 0 Å². The third-order valence-electron chi connectivity index (χ3n) is 5.23. The summed E-state index contributed by atoms with van der Waals surface area (Å²) in [4.78, 5) is 3.29. The number of sulfonamides is 1. The Balaban J connectivity index is 1.62. The predicted molar refractivity (Wildman–Crippen MR) is 116 cm³/mol. The zero-order valence-corrected chi connectivity index (χ0v) is 17.7. The van der Waals surface area contributed by atoms with Gasteiger partial charge in [0.15, 0.2) is 0 Å². The maximum Gasteiger partial charge on any atom is 0.416 e. The lowest BCUT2D eigenvalue weighted by Crippen LogP contribution is -2.13. The van der Waals surface area contributed by atoms with E-state index < -0.39 is 21.8 Å². The van der Waals surface area contributed by atoms with Crippen LogP contribution in [0.15, 0.2) is 71.6 Å². The van der Waals surface area contributed by atoms with Crippen molar-refractivity contribution < 1.29 is 26.3 Å². The van der Waals surface area contributed by atoms with Gasteiger partial charge in [0.25, 0.3) is 0 Å². The van der Waals surface area contributed by atoms with Gasteiger partial charge in [-0.25, -0.2) is 13.6 Å². The number of aryl methyl sites for hydroxylation is 1. The number of halogens is 3. The minimum absolute atomic E-state index is 0.0356. The minimum atomic E-state index is -4.40. The van der Waals surface area contributed by atoms with Gasteiger partial charge >= 0.3 is 6.18 Å². The summed E-state index contributed by atoms with van der Waals surface area (Å²) < 4.78 is 67.6. The lowest BCUT2D eigenvalue weighted by Gasteiger charge is -2.09. The Morgan fingerprint density at radius 2 is 1.69 bits per heavy atom. The van der Waals surface area contributed by atoms with Crippen LogP contribution in [0.2, 0.25) is 0 Å². The lowest BCUT2D eigenvalue weighted by molar-refractivity contribution is -0.137. The average molecular weight is 460 g/mol. The molecule has 0 unspecified atom stereocenters. The van der Waals surface area contributed by atoms with E-state index >= 15 is 0 Å². The van der Waals surface area contributed by atoms with Gasteiger partial charge in [-0.05, 0) is 54.4 Å². The van der Waals surface area contributed by atoms with Crippen LogP contribution in [0.5, 0.6) is 5.75 Å². The predicted octanol–water partition coefficient (Wildman–Crippen LogP) is 5.39. The van der Waals surface area contributed by atoms with Gasteiger partial charge in [0.2, 0.25) is 10.0 Å². The molecule has 0 fully saturated rings. The monoisotopic (exact) mass is 460 g/mol. The second kappa shape index (κ2) is 7.99. The number of primary sulfonamides is 1. The molecule has 0 bridgehead atoms. The van der Waals surface area contributed by atoms with Crippen LogP contribution in [-0.2, 0) is 22.8 Å². The standard InChI is InChI=1S/C23H19F3N2O3S/c1-14-18-11-6-15(19-4-2-3-5-22(19)32(27,29)30)12-20(18)28-21(14)13-31-17-9-7-16(8-10-17)23(24,25)26/h2-12,28H,13H2,1H3,(H2,27,29,30). The molecular formula is C23H19F3N2O3S. The highest BCUT2D eigenvalue weighted by Gasteiger charge is 2.30. The summed E-state index contributed by atoms with van der Waals surface area (Å²) in [5.41, 5.74) is 2.90. The minimum Gasteiger partial charge on any atom is -0.487 e. The molecule has 0 atom stereocenters. The fourth-order valence-corrected chi connectivity index (χ4v) is 4.31. The van der Waals surface area contributed by atoms with Gasteiger partial charge < -0.3 is 9.72 Å². The molecule has 3 N–H and O–H groups in total. The highest BCUT2D eigenvalue weighted by molar-refractivity contribution is 7.89. The van der Waals surface area contributed by atoms with Crippen LogP contribution < -0.4 is 9.88 Å². The first-order valence-corrected chi connectivity index (χ1v) is 11.1. The smallest absolute Gasteiger partial charge is 0.416 e. The number of ether oxygens (including phenoxy) is 1. The van der Waals surface area contributed by atoms with Crippen molar-refractivity contribution in [3.05, 3.63) is 83.6 Å². The Kier molecular flexibility index (Phi) is 5.47. The Bertz CT molecular complexity index is 1390. The number of hydrogen-bond acceptors (Lipinski definition) is 3. The summed E-state index contributed by atoms with van der Waals surface area (Å²) in [5, 5.41) is 6.27. The first kappa shape index (κ1) is 21.9. The van der Waals surface area contributed by atoms with E-state index in [4.69, 9.17) is 9.88 Å². The van der Waals surface area contributed by atoms with Crippen molar-refractivity contribution in [3.8, 4) is 16.9 Å². The second-order valence-corrected chi connectivity index (χ2v) is 8.87. The molecule has 0 aliphatic rings. The lowest BCUT2D eigenvalue weighted by atomic mass is 10.0. The molecule has 9 heteroatoms. The molecular weight excluding hydrogens is 441 g/mol. The van der Waals surface area contributed by atoms with E-state index in [9.17, 15) is 21.6 Å². The Morgan fingerprint density at radius 3 is 2.34 bits per heavy atom. The molecule has 0 aliphatic heterocycles. The van der Waals surface area contributed by atoms with Crippen molar-refractivity contribution in [2.24, 2.45) is 5.14 Å². The topological polar surface area (TPSA) is 85.2 Å². The van der Waals surface area contributed by atoms with Gasteiger partial charge in [0.05, 0.1) is 16.2 Å². The molecule has 0 radical (unpaired) electrons. The zero-order chi connectivity index (χ0) is 23.1. The molecule has 5 nitrogen and oxygen atoms in total. The molecule has 0 spiro atoms. The van der Waals surface area contributed by atoms with E-state index in [1.165, 1.54) is 18.2 Å². The van der Waals surface area contributed by atoms with Gasteiger partial charge in [0, 0.05) is 16.5 Å². The molecule has 3 aromatic carbocycles. The molecule has 1 aromatic heterocycles. The molecule has 0 amide bonds. The Hall–Kier alpha value is -3.30. The number of rotatable bonds is 5. The van der Waals surface area contributed by atoms with Crippen molar-refractivity contribution in [1.82, 2.24) is 4.98 Å². The normalized spacial score (nSPS) is 12.3. The molecule has 4 aromatic rings. The first-order valence-electron chi connectivity index (χ1n) is 9.57. The summed E-state index contributed by atoms with van der Waals surface area (Å²) in [7, 11) is -3.89. The number of aromatic nitrogens is 1. The summed E-state index contributed by atoms with van der Waals surface area (Å²) in [6.45, 7) is 2.04. The second-order valence-electron chi connectivity index (χ2n) is 7.34. The van der Waals surface area contributed by atoms with Crippen molar-refractivity contribution in [2.45, 2.75) is 24.6 Å². The van der Waals surface area contributed by atoms with E-state index in [0.717, 1.165) is 34.3 Å². The number of nitrogens with two attached hydrogens (primary N) is 1. The first-order chi connectivity index (χ1) is 15.0. The maximum atomic E-state index is 12.7. The number of benzene rings is 3. The van der Waals surface area contributed by atoms with Crippen LogP contribution in [-0.4, -0.2) is 13.4 Å². The molecule has 0 aliphatic carbocycles. The van der Waals surface area contributed by atoms with E-state index in [1.54, 1.807) is 18.2 Å². The number of H-pyrrole nitrogens is 1. The SMILES string of the molecule is Cc1c(COc2ccc(C(F)(F)F)cc2)[nH]c2cc(-c3ccccc3S(N)(=O)=O)ccc12. The largest absolute Gasteiger partial charge is 0.487 e. The molecule has 0 saturated heterocycles. The van der Waals surface area contributed by atoms with Gasteiger partial charge in [-0.3, -0.25) is 0 Å². The van der Waals surface area contributed by atoms with E-state index in [1.807, 2.05) is 25.1 Å². The van der Waals surface area contributed by atoms with Crippen LogP contribution in [0.4, 0.5) is 13.2 Å². The van der Waals surface area contributed by atoms with Crippen LogP contribution >= 0.6 is 0 Å². The number of fused-ring (bicyclic) bond motifs is 1. The maximum absolute atomic E-state index is 12.7. The van der Waals surface area contributed by atoms with Crippen LogP contribution in [0.1, 0.15) is 16.8 Å². The number of alkyl halides is 3. The molecule has 32 heavy (non-hydrogen) atoms. The van der Waals surface area contributed by atoms with Crippen molar-refractivity contribution in [3.63, 3.8) is 0 Å². The Labute approximate surface area is 182 Å². The summed E-state index contributed by atoms with van der Waals surface area (Å²) >= 11 is 0. The quantitative estimate of drug-likeness (QED) is 0.419. The molecule has 0 saturated carbocycles. The number of aromatic amines is 1. The number of hydrogen-bond donors (Lipinski definition) is 2. The fourth-order valence-electron chi connectivity index (χ4n) is 3.55. The molecule has 1 heterocycles. The number of nitrogens with one attached hydrogen (secondary N) is 1. The van der Waals surface area contributed by atoms with Gasteiger partial charge in [-0.2, -0.15) is 13.2 Å². The van der Waals surface area contributed by atoms with Crippen molar-refractivity contribution >= 4 is 20.9 Å². The third kappa shape index (κ3) is 4.35. The van der Waals surface area contributed by atoms with E-state index in [0.29, 0.717) is 16.9 Å². The highest BCUT2D eigenvalue weighted by atomic mass is 32.2. The van der Waals surface area contributed by atoms with E-state index in [2.05, 4.69) is 4.98 Å². The van der Waals surface area contributed by atoms with Crippen molar-refractivity contribution in [1.29, 1.82) is 0 Å². The van der Waals surface area contributed by atoms with Crippen LogP contribution in [0.3, 0.4) is 0 Å². The summed E-state index contributed by atoms with van der Waals surface area (Å²) in [5.74, 6) is 0.318. The van der Waals surface area contributed by atoms with Crippen molar-refractivity contribution in [2.75, 3.05) is 0 Å². The zero-order valence-electron chi connectivity index (χ0n) is 16.9. The summed E-state index contributed by atoms with van der Waals surface area (Å²) in [6, 6.07) is 16.5. The van der Waals surface area contributed by atoms with Gasteiger partial charge in [0.1, 0.15) is 12.4 Å². The Morgan fingerprint density at radius 1 is 1.00 bits per heavy atom. The van der Waals surface area contributed by atoms with Crippen LogP contribution in [0, 0.1) is 6.92 Å². The fraction of sp³-hybridized carbons (Fsp3) is 0.130. The third-order valence-corrected chi connectivity index (χ3v) is 6.20. The highest BCUT2D eigenvalue weighted by Crippen LogP contribution is 2.32. The molecule has 166 valence electrons. The average Bonchev–Trinajstić information content (AvgIpc) is 3.06. The van der Waals surface area contributed by atoms with Gasteiger partial charge in [-0.1, -0.05) is 30.3 Å². The van der Waals surface area contributed by atoms with E-state index in [-0.39, 0.29) is 11.5 Å². The summed E-state index contributed by atoms with van der Waals surface area (Å²) in [6.07, 6.45) is -4.40. The molecule has 4 rings (SSSR count). The van der Waals surface area contributed by atoms with Crippen LogP contribution in [0.25, 0.3) is 22.0 Å².